The molecule has 1 fully saturated rings. The predicted octanol–water partition coefficient (Wildman–Crippen LogP) is 1.39. The van der Waals surface area contributed by atoms with Crippen LogP contribution in [0.2, 0.25) is 0 Å². The van der Waals surface area contributed by atoms with Gasteiger partial charge in [-0.25, -0.2) is 4.79 Å². The lowest BCUT2D eigenvalue weighted by Crippen LogP contribution is -2.57. The summed E-state index contributed by atoms with van der Waals surface area (Å²) in [6.45, 7) is 2.63. The Hall–Kier alpha value is -4.44. The summed E-state index contributed by atoms with van der Waals surface area (Å²) in [7, 11) is 2.42. The van der Waals surface area contributed by atoms with E-state index in [0.29, 0.717) is 5.01 Å². The zero-order valence-electron chi connectivity index (χ0n) is 24.2. The van der Waals surface area contributed by atoms with Crippen LogP contribution in [-0.4, -0.2) is 93.1 Å². The highest BCUT2D eigenvalue weighted by Crippen LogP contribution is 2.52. The Morgan fingerprint density at radius 1 is 1.14 bits per heavy atom. The van der Waals surface area contributed by atoms with Crippen molar-refractivity contribution in [2.45, 2.75) is 69.4 Å². The van der Waals surface area contributed by atoms with Crippen LogP contribution >= 0.6 is 0 Å². The Balaban J connectivity index is 1.59. The molecule has 2 aromatic carbocycles. The number of methoxy groups -OCH3 is 1. The number of benzene rings is 2. The molecule has 6 atom stereocenters. The van der Waals surface area contributed by atoms with Crippen molar-refractivity contribution in [3.8, 4) is 17.2 Å². The van der Waals surface area contributed by atoms with E-state index < -0.39 is 95.1 Å². The maximum atomic E-state index is 13.8. The number of nitrogens with zero attached hydrogens (tertiary/aromatic N) is 2. The van der Waals surface area contributed by atoms with E-state index in [-0.39, 0.29) is 34.4 Å². The minimum absolute atomic E-state index is 0.0615. The van der Waals surface area contributed by atoms with Crippen molar-refractivity contribution >= 4 is 23.4 Å². The fourth-order valence-electron chi connectivity index (χ4n) is 6.06. The predicted molar refractivity (Wildman–Crippen MR) is 148 cm³/mol. The SMILES string of the molecule is COc1cccc2c1C(=O)c1c(O)c3c(c(O)c1C2=O)C[C@@](O)(C(C)=O)C[C@@H]3O[C@H]1C[C@H](NC(=O)N(C)N=O)[C@H](O)[C@H](C)O1. The van der Waals surface area contributed by atoms with E-state index >= 15 is 0 Å². The van der Waals surface area contributed by atoms with E-state index in [1.54, 1.807) is 0 Å². The van der Waals surface area contributed by atoms with Gasteiger partial charge in [0.2, 0.25) is 5.78 Å². The van der Waals surface area contributed by atoms with Crippen molar-refractivity contribution in [3.05, 3.63) is 56.5 Å². The van der Waals surface area contributed by atoms with Gasteiger partial charge in [-0.3, -0.25) is 14.4 Å². The van der Waals surface area contributed by atoms with Gasteiger partial charge in [0.15, 0.2) is 17.9 Å². The van der Waals surface area contributed by atoms with Crippen LogP contribution in [0.1, 0.15) is 75.8 Å². The number of nitroso groups, excluding NO2 is 1. The molecule has 0 saturated carbocycles. The number of phenols is 2. The number of aromatic hydroxyl groups is 2. The highest BCUT2D eigenvalue weighted by atomic mass is 16.7. The summed E-state index contributed by atoms with van der Waals surface area (Å²) >= 11 is 0. The van der Waals surface area contributed by atoms with E-state index in [9.17, 15) is 44.5 Å². The molecule has 15 nitrogen and oxygen atoms in total. The van der Waals surface area contributed by atoms with Gasteiger partial charge in [0.05, 0.1) is 47.3 Å². The van der Waals surface area contributed by atoms with Crippen molar-refractivity contribution < 1.29 is 53.8 Å². The monoisotopic (exact) mass is 613 g/mol. The number of fused-ring (bicyclic) bond motifs is 3. The molecule has 0 aromatic heterocycles. The van der Waals surface area contributed by atoms with Gasteiger partial charge >= 0.3 is 6.03 Å². The van der Waals surface area contributed by atoms with E-state index in [0.717, 1.165) is 14.0 Å². The largest absolute Gasteiger partial charge is 0.507 e. The number of phenolic OH excluding ortho intramolecular Hbond substituents is 2. The minimum Gasteiger partial charge on any atom is -0.507 e. The molecule has 0 bridgehead atoms. The number of hydrogen-bond acceptors (Lipinski definition) is 13. The number of aliphatic hydroxyl groups excluding tert-OH is 1. The lowest BCUT2D eigenvalue weighted by atomic mass is 9.72. The number of ether oxygens (including phenoxy) is 3. The second-order valence-corrected chi connectivity index (χ2v) is 11.1. The van der Waals surface area contributed by atoms with Gasteiger partial charge in [0.1, 0.15) is 29.0 Å². The summed E-state index contributed by atoms with van der Waals surface area (Å²) in [6, 6.07) is 2.44. The molecule has 1 aliphatic heterocycles. The fraction of sp³-hybridized carbons (Fsp3) is 0.448. The molecule has 0 spiro atoms. The third kappa shape index (κ3) is 4.87. The van der Waals surface area contributed by atoms with Crippen LogP contribution in [0.4, 0.5) is 4.79 Å². The lowest BCUT2D eigenvalue weighted by molar-refractivity contribution is -0.248. The first-order valence-corrected chi connectivity index (χ1v) is 13.7. The maximum Gasteiger partial charge on any atom is 0.340 e. The number of amides is 2. The topological polar surface area (TPSA) is 222 Å². The number of rotatable bonds is 6. The molecule has 2 aliphatic carbocycles. The molecule has 1 heterocycles. The van der Waals surface area contributed by atoms with Gasteiger partial charge in [-0.05, 0) is 19.9 Å². The first-order valence-electron chi connectivity index (χ1n) is 13.7. The zero-order chi connectivity index (χ0) is 32.2. The number of ketones is 3. The van der Waals surface area contributed by atoms with Crippen molar-refractivity contribution in [1.29, 1.82) is 0 Å². The second kappa shape index (κ2) is 11.2. The van der Waals surface area contributed by atoms with Gasteiger partial charge in [-0.1, -0.05) is 12.1 Å². The van der Waals surface area contributed by atoms with Crippen LogP contribution in [0.3, 0.4) is 0 Å². The third-order valence-electron chi connectivity index (χ3n) is 8.48. The second-order valence-electron chi connectivity index (χ2n) is 11.1. The van der Waals surface area contributed by atoms with Crippen molar-refractivity contribution in [3.63, 3.8) is 0 Å². The summed E-state index contributed by atoms with van der Waals surface area (Å²) in [5, 5.41) is 50.4. The van der Waals surface area contributed by atoms with Gasteiger partial charge in [0.25, 0.3) is 0 Å². The molecule has 5 N–H and O–H groups in total. The Labute approximate surface area is 250 Å². The first kappa shape index (κ1) is 31.0. The number of carbonyl (C=O) groups excluding carboxylic acids is 4. The van der Waals surface area contributed by atoms with E-state index in [4.69, 9.17) is 14.2 Å². The van der Waals surface area contributed by atoms with Crippen molar-refractivity contribution in [2.75, 3.05) is 14.2 Å². The fourth-order valence-corrected chi connectivity index (χ4v) is 6.06. The van der Waals surface area contributed by atoms with Gasteiger partial charge in [-0.2, -0.15) is 5.01 Å². The summed E-state index contributed by atoms with van der Waals surface area (Å²) in [5.74, 6) is -3.57. The van der Waals surface area contributed by atoms with E-state index in [1.807, 2.05) is 0 Å². The number of nitrogens with one attached hydrogen (secondary N) is 1. The number of carbonyl (C=O) groups is 4. The highest BCUT2D eigenvalue weighted by molar-refractivity contribution is 6.31. The first-order chi connectivity index (χ1) is 20.7. The molecule has 2 aromatic rings. The Bertz CT molecular complexity index is 1590. The normalized spacial score (nSPS) is 27.5. The molecule has 0 radical (unpaired) electrons. The van der Waals surface area contributed by atoms with Crippen molar-refractivity contribution in [1.82, 2.24) is 10.3 Å². The van der Waals surface area contributed by atoms with Crippen LogP contribution in [0.25, 0.3) is 0 Å². The molecular formula is C29H31N3O12. The van der Waals surface area contributed by atoms with E-state index in [1.165, 1.54) is 32.2 Å². The Kier molecular flexibility index (Phi) is 7.92. The molecule has 234 valence electrons. The number of urea groups is 1. The van der Waals surface area contributed by atoms with Crippen LogP contribution in [-0.2, 0) is 20.7 Å². The number of aliphatic hydroxyl groups is 2. The lowest BCUT2D eigenvalue weighted by Gasteiger charge is -2.42. The van der Waals surface area contributed by atoms with Crippen LogP contribution in [0, 0.1) is 4.91 Å². The third-order valence-corrected chi connectivity index (χ3v) is 8.48. The summed E-state index contributed by atoms with van der Waals surface area (Å²) in [4.78, 5) is 63.0. The van der Waals surface area contributed by atoms with Gasteiger partial charge in [-0.15, -0.1) is 4.91 Å². The summed E-state index contributed by atoms with van der Waals surface area (Å²) in [5.41, 5.74) is -3.57. The Morgan fingerprint density at radius 3 is 2.45 bits per heavy atom. The molecule has 2 amide bonds. The summed E-state index contributed by atoms with van der Waals surface area (Å²) in [6.07, 6.45) is -5.87. The van der Waals surface area contributed by atoms with E-state index in [2.05, 4.69) is 10.6 Å². The van der Waals surface area contributed by atoms with Crippen LogP contribution in [0.5, 0.6) is 17.2 Å². The number of hydrogen-bond donors (Lipinski definition) is 5. The zero-order valence-corrected chi connectivity index (χ0v) is 24.2. The molecule has 0 unspecified atom stereocenters. The smallest absolute Gasteiger partial charge is 0.340 e. The van der Waals surface area contributed by atoms with Crippen molar-refractivity contribution in [2.24, 2.45) is 5.29 Å². The number of Topliss-reactive ketones (excluding diaryl/α,β-unsaturated/α-hetero) is 1. The average molecular weight is 614 g/mol. The quantitative estimate of drug-likeness (QED) is 0.151. The molecule has 3 aliphatic rings. The van der Waals surface area contributed by atoms with Crippen LogP contribution in [0.15, 0.2) is 23.5 Å². The van der Waals surface area contributed by atoms with Gasteiger partial charge in [0, 0.05) is 43.0 Å². The Morgan fingerprint density at radius 2 is 1.82 bits per heavy atom. The van der Waals surface area contributed by atoms with Crippen LogP contribution < -0.4 is 10.1 Å². The minimum atomic E-state index is -2.11. The highest BCUT2D eigenvalue weighted by Gasteiger charge is 2.49. The standard InChI is InChI=1S/C29H31N3O12/c1-11-23(34)15(30-28(39)32(3)31-41)8-18(43-11)44-17-10-29(40,12(2)33)9-14-20(17)27(38)22-21(25(14)36)24(35)13-6-5-7-16(42-4)19(13)26(22)37/h5-7,11,15,17-18,23,34,36,38,40H,8-10H2,1-4H3,(H,30,39)/t11-,15-,17-,18-,23+,29-/m0/s1. The molecule has 15 heteroatoms. The molecule has 1 saturated heterocycles. The summed E-state index contributed by atoms with van der Waals surface area (Å²) < 4.78 is 17.2. The average Bonchev–Trinajstić information content (AvgIpc) is 2.98. The molecular weight excluding hydrogens is 582 g/mol. The molecule has 5 rings (SSSR count). The maximum absolute atomic E-state index is 13.8. The molecule has 44 heavy (non-hydrogen) atoms. The van der Waals surface area contributed by atoms with Gasteiger partial charge < -0.3 is 40.0 Å².